The van der Waals surface area contributed by atoms with Crippen LogP contribution in [0, 0.1) is 11.8 Å². The van der Waals surface area contributed by atoms with E-state index in [4.69, 9.17) is 11.6 Å². The summed E-state index contributed by atoms with van der Waals surface area (Å²) in [5.41, 5.74) is -2.53. The first kappa shape index (κ1) is 30.2. The highest BCUT2D eigenvalue weighted by Gasteiger charge is 2.62. The van der Waals surface area contributed by atoms with Crippen LogP contribution in [0.25, 0.3) is 0 Å². The summed E-state index contributed by atoms with van der Waals surface area (Å²) in [4.78, 5) is 30.5. The summed E-state index contributed by atoms with van der Waals surface area (Å²) in [5.74, 6) is -0.583. The van der Waals surface area contributed by atoms with Crippen molar-refractivity contribution in [3.8, 4) is 0 Å². The highest BCUT2D eigenvalue weighted by Crippen LogP contribution is 2.41. The Morgan fingerprint density at radius 1 is 0.975 bits per heavy atom. The van der Waals surface area contributed by atoms with Crippen LogP contribution in [0.15, 0.2) is 48.5 Å². The van der Waals surface area contributed by atoms with E-state index >= 15 is 0 Å². The summed E-state index contributed by atoms with van der Waals surface area (Å²) in [6, 6.07) is 12.2. The van der Waals surface area contributed by atoms with Crippen LogP contribution >= 0.6 is 11.6 Å². The minimum absolute atomic E-state index is 0.103. The third-order valence-electron chi connectivity index (χ3n) is 8.46. The molecule has 2 saturated heterocycles. The van der Waals surface area contributed by atoms with Gasteiger partial charge in [-0.3, -0.25) is 9.59 Å². The molecule has 2 heterocycles. The second-order valence-corrected chi connectivity index (χ2v) is 11.4. The van der Waals surface area contributed by atoms with Gasteiger partial charge in [0, 0.05) is 51.0 Å². The van der Waals surface area contributed by atoms with Gasteiger partial charge < -0.3 is 19.8 Å². The van der Waals surface area contributed by atoms with Gasteiger partial charge in [0.25, 0.3) is 17.4 Å². The van der Waals surface area contributed by atoms with Crippen LogP contribution in [0.3, 0.4) is 0 Å². The van der Waals surface area contributed by atoms with Gasteiger partial charge in [0.05, 0.1) is 10.6 Å². The average molecular weight is 580 g/mol. The number of hydrogen-bond acceptors (Lipinski definition) is 4. The second kappa shape index (κ2) is 12.4. The normalized spacial score (nSPS) is 18.9. The molecule has 2 aromatic carbocycles. The molecular formula is C30H37ClF3N3O3. The van der Waals surface area contributed by atoms with Gasteiger partial charge >= 0.3 is 6.18 Å². The molecule has 2 amide bonds. The summed E-state index contributed by atoms with van der Waals surface area (Å²) in [6.07, 6.45) is -0.953. The monoisotopic (exact) mass is 579 g/mol. The number of alkyl halides is 3. The standard InChI is InChI=1S/C30H37ClF3N3O3/c1-3-35(2)27(38)25-10-9-24(20-26(25)31)36-15-11-21(12-16-36)19-22-13-17-37(18-14-22)28(39)29(40,30(32,33)34)23-7-5-4-6-8-23/h4-10,20-22,40H,3,11-19H2,1-2H3/t29-/m1/s1. The zero-order valence-corrected chi connectivity index (χ0v) is 23.7. The summed E-state index contributed by atoms with van der Waals surface area (Å²) in [6.45, 7) is 4.62. The van der Waals surface area contributed by atoms with Crippen LogP contribution < -0.4 is 4.90 Å². The number of benzene rings is 2. The molecule has 1 atom stereocenters. The van der Waals surface area contributed by atoms with Crippen molar-refractivity contribution in [1.29, 1.82) is 0 Å². The minimum Gasteiger partial charge on any atom is -0.371 e. The molecule has 6 nitrogen and oxygen atoms in total. The molecule has 0 saturated carbocycles. The molecule has 1 N–H and O–H groups in total. The quantitative estimate of drug-likeness (QED) is 0.455. The van der Waals surface area contributed by atoms with Crippen LogP contribution in [0.5, 0.6) is 0 Å². The molecule has 0 spiro atoms. The first-order valence-corrected chi connectivity index (χ1v) is 14.3. The van der Waals surface area contributed by atoms with Crippen molar-refractivity contribution in [2.24, 2.45) is 11.8 Å². The van der Waals surface area contributed by atoms with E-state index in [-0.39, 0.29) is 19.0 Å². The van der Waals surface area contributed by atoms with Crippen molar-refractivity contribution >= 4 is 29.1 Å². The highest BCUT2D eigenvalue weighted by molar-refractivity contribution is 6.34. The fraction of sp³-hybridized carbons (Fsp3) is 0.533. The number of piperidine rings is 2. The number of hydrogen-bond donors (Lipinski definition) is 1. The van der Waals surface area contributed by atoms with Gasteiger partial charge in [-0.15, -0.1) is 0 Å². The molecule has 0 aliphatic carbocycles. The number of anilines is 1. The number of nitrogens with zero attached hydrogens (tertiary/aromatic N) is 3. The van der Waals surface area contributed by atoms with E-state index in [1.807, 2.05) is 19.1 Å². The number of rotatable bonds is 7. The number of aliphatic hydroxyl groups is 1. The van der Waals surface area contributed by atoms with Crippen molar-refractivity contribution in [3.63, 3.8) is 0 Å². The molecule has 2 aliphatic rings. The van der Waals surface area contributed by atoms with Crippen molar-refractivity contribution in [1.82, 2.24) is 9.80 Å². The van der Waals surface area contributed by atoms with Crippen LogP contribution in [0.2, 0.25) is 5.02 Å². The molecule has 40 heavy (non-hydrogen) atoms. The summed E-state index contributed by atoms with van der Waals surface area (Å²) < 4.78 is 41.8. The van der Waals surface area contributed by atoms with Crippen LogP contribution in [-0.4, -0.2) is 72.7 Å². The van der Waals surface area contributed by atoms with Gasteiger partial charge in [0.15, 0.2) is 0 Å². The maximum atomic E-state index is 13.9. The van der Waals surface area contributed by atoms with E-state index in [1.165, 1.54) is 12.1 Å². The van der Waals surface area contributed by atoms with Crippen molar-refractivity contribution < 1.29 is 27.9 Å². The number of halogens is 4. The lowest BCUT2D eigenvalue weighted by Crippen LogP contribution is -2.57. The molecule has 2 fully saturated rings. The molecule has 0 unspecified atom stereocenters. The van der Waals surface area contributed by atoms with Crippen LogP contribution in [-0.2, 0) is 10.4 Å². The SMILES string of the molecule is CCN(C)C(=O)c1ccc(N2CCC(CC3CCN(C(=O)[C@](O)(c4ccccc4)C(F)(F)F)CC3)CC2)cc1Cl. The Bertz CT molecular complexity index is 1180. The Morgan fingerprint density at radius 3 is 2.08 bits per heavy atom. The first-order chi connectivity index (χ1) is 19.0. The minimum atomic E-state index is -5.12. The van der Waals surface area contributed by atoms with E-state index in [9.17, 15) is 27.9 Å². The number of carbonyl (C=O) groups excluding carboxylic acids is 2. The van der Waals surface area contributed by atoms with Gasteiger partial charge in [-0.25, -0.2) is 0 Å². The lowest BCUT2D eigenvalue weighted by molar-refractivity contribution is -0.262. The number of amides is 2. The van der Waals surface area contributed by atoms with Crippen molar-refractivity contribution in [3.05, 3.63) is 64.7 Å². The number of carbonyl (C=O) groups is 2. The van der Waals surface area contributed by atoms with Crippen molar-refractivity contribution in [2.45, 2.75) is 50.8 Å². The maximum absolute atomic E-state index is 13.9. The Balaban J connectivity index is 1.29. The third kappa shape index (κ3) is 6.25. The van der Waals surface area contributed by atoms with Gasteiger partial charge in [-0.05, 0) is 69.1 Å². The second-order valence-electron chi connectivity index (χ2n) is 11.0. The molecule has 218 valence electrons. The van der Waals surface area contributed by atoms with E-state index in [0.717, 1.165) is 55.1 Å². The average Bonchev–Trinajstić information content (AvgIpc) is 2.96. The Hall–Kier alpha value is -2.78. The molecule has 0 aromatic heterocycles. The van der Waals surface area contributed by atoms with E-state index < -0.39 is 23.2 Å². The molecule has 0 bridgehead atoms. The molecule has 2 aromatic rings. The van der Waals surface area contributed by atoms with Gasteiger partial charge in [-0.2, -0.15) is 13.2 Å². The topological polar surface area (TPSA) is 64.1 Å². The molecule has 10 heteroatoms. The summed E-state index contributed by atoms with van der Waals surface area (Å²) >= 11 is 6.44. The third-order valence-corrected chi connectivity index (χ3v) is 8.78. The highest BCUT2D eigenvalue weighted by atomic mass is 35.5. The zero-order chi connectivity index (χ0) is 29.1. The fourth-order valence-electron chi connectivity index (χ4n) is 5.81. The Kier molecular flexibility index (Phi) is 9.35. The Labute approximate surface area is 238 Å². The summed E-state index contributed by atoms with van der Waals surface area (Å²) in [5, 5.41) is 11.1. The molecule has 2 aliphatic heterocycles. The Morgan fingerprint density at radius 2 is 1.55 bits per heavy atom. The smallest absolute Gasteiger partial charge is 0.371 e. The van der Waals surface area contributed by atoms with E-state index in [2.05, 4.69) is 4.90 Å². The molecule has 0 radical (unpaired) electrons. The molecule has 4 rings (SSSR count). The predicted molar refractivity (Wildman–Crippen MR) is 149 cm³/mol. The van der Waals surface area contributed by atoms with Gasteiger partial charge in [0.1, 0.15) is 0 Å². The first-order valence-electron chi connectivity index (χ1n) is 13.9. The van der Waals surface area contributed by atoms with Crippen LogP contribution in [0.4, 0.5) is 18.9 Å². The van der Waals surface area contributed by atoms with Gasteiger partial charge in [0.2, 0.25) is 0 Å². The maximum Gasteiger partial charge on any atom is 0.430 e. The lowest BCUT2D eigenvalue weighted by Gasteiger charge is -2.40. The van der Waals surface area contributed by atoms with E-state index in [1.54, 1.807) is 24.1 Å². The largest absolute Gasteiger partial charge is 0.430 e. The predicted octanol–water partition coefficient (Wildman–Crippen LogP) is 5.73. The zero-order valence-electron chi connectivity index (χ0n) is 23.0. The fourth-order valence-corrected chi connectivity index (χ4v) is 6.07. The molecular weight excluding hydrogens is 543 g/mol. The summed E-state index contributed by atoms with van der Waals surface area (Å²) in [7, 11) is 1.74. The number of likely N-dealkylation sites (tertiary alicyclic amines) is 1. The van der Waals surface area contributed by atoms with E-state index in [0.29, 0.717) is 41.8 Å². The van der Waals surface area contributed by atoms with Crippen molar-refractivity contribution in [2.75, 3.05) is 44.7 Å². The van der Waals surface area contributed by atoms with Crippen LogP contribution in [0.1, 0.15) is 54.9 Å². The van der Waals surface area contributed by atoms with Gasteiger partial charge in [-0.1, -0.05) is 41.9 Å². The lowest BCUT2D eigenvalue weighted by atomic mass is 9.82.